The van der Waals surface area contributed by atoms with E-state index in [1.54, 1.807) is 0 Å². The molecule has 0 spiro atoms. The molecule has 1 aromatic heterocycles. The quantitative estimate of drug-likeness (QED) is 0.428. The highest BCUT2D eigenvalue weighted by Gasteiger charge is 2.20. The Labute approximate surface area is 192 Å². The molecule has 6 nitrogen and oxygen atoms in total. The van der Waals surface area contributed by atoms with Crippen molar-refractivity contribution in [3.63, 3.8) is 0 Å². The molecule has 1 aliphatic rings. The highest BCUT2D eigenvalue weighted by Crippen LogP contribution is 2.35. The summed E-state index contributed by atoms with van der Waals surface area (Å²) in [6, 6.07) is 22.7. The molecular formula is C27H24N2O4. The minimum atomic E-state index is -0.224. The van der Waals surface area contributed by atoms with Crippen LogP contribution in [-0.4, -0.2) is 24.3 Å². The number of aromatic nitrogens is 1. The number of pyridine rings is 1. The van der Waals surface area contributed by atoms with Gasteiger partial charge in [0.15, 0.2) is 11.5 Å². The van der Waals surface area contributed by atoms with Gasteiger partial charge in [0.1, 0.15) is 5.75 Å². The zero-order valence-electron chi connectivity index (χ0n) is 18.5. The second-order valence-corrected chi connectivity index (χ2v) is 7.81. The van der Waals surface area contributed by atoms with E-state index in [1.165, 1.54) is 0 Å². The Hall–Kier alpha value is -4.06. The Bertz CT molecular complexity index is 1340. The number of para-hydroxylation sites is 2. The highest BCUT2D eigenvalue weighted by molar-refractivity contribution is 6.07. The molecule has 1 amide bonds. The summed E-state index contributed by atoms with van der Waals surface area (Å²) >= 11 is 0. The van der Waals surface area contributed by atoms with Crippen LogP contribution in [0.2, 0.25) is 0 Å². The average molecular weight is 440 g/mol. The van der Waals surface area contributed by atoms with Gasteiger partial charge in [0.25, 0.3) is 5.91 Å². The van der Waals surface area contributed by atoms with Crippen LogP contribution in [0.4, 0.5) is 0 Å². The van der Waals surface area contributed by atoms with Crippen LogP contribution in [0.15, 0.2) is 72.8 Å². The van der Waals surface area contributed by atoms with E-state index < -0.39 is 0 Å². The van der Waals surface area contributed by atoms with Crippen molar-refractivity contribution in [2.75, 3.05) is 13.4 Å². The molecule has 1 atom stereocenters. The number of amides is 1. The first-order chi connectivity index (χ1) is 16.1. The molecule has 0 saturated heterocycles. The smallest absolute Gasteiger partial charge is 0.252 e. The number of rotatable bonds is 6. The third kappa shape index (κ3) is 4.07. The summed E-state index contributed by atoms with van der Waals surface area (Å²) in [7, 11) is 0. The van der Waals surface area contributed by atoms with E-state index in [4.69, 9.17) is 19.2 Å². The van der Waals surface area contributed by atoms with Crippen LogP contribution >= 0.6 is 0 Å². The van der Waals surface area contributed by atoms with Gasteiger partial charge in [-0.25, -0.2) is 4.98 Å². The van der Waals surface area contributed by atoms with Gasteiger partial charge in [-0.05, 0) is 55.8 Å². The highest BCUT2D eigenvalue weighted by atomic mass is 16.7. The summed E-state index contributed by atoms with van der Waals surface area (Å²) < 4.78 is 16.7. The van der Waals surface area contributed by atoms with Crippen LogP contribution < -0.4 is 19.5 Å². The van der Waals surface area contributed by atoms with E-state index in [0.717, 1.165) is 33.5 Å². The Morgan fingerprint density at radius 2 is 1.82 bits per heavy atom. The minimum absolute atomic E-state index is 0.172. The number of hydrogen-bond donors (Lipinski definition) is 1. The fourth-order valence-corrected chi connectivity index (χ4v) is 4.00. The van der Waals surface area contributed by atoms with E-state index in [0.29, 0.717) is 23.6 Å². The predicted octanol–water partition coefficient (Wildman–Crippen LogP) is 5.52. The molecule has 0 bridgehead atoms. The van der Waals surface area contributed by atoms with Crippen molar-refractivity contribution >= 4 is 16.8 Å². The van der Waals surface area contributed by atoms with Gasteiger partial charge in [-0.1, -0.05) is 36.4 Å². The van der Waals surface area contributed by atoms with Crippen LogP contribution in [0.3, 0.4) is 0 Å². The van der Waals surface area contributed by atoms with Gasteiger partial charge < -0.3 is 19.5 Å². The summed E-state index contributed by atoms with van der Waals surface area (Å²) in [5.74, 6) is 1.98. The average Bonchev–Trinajstić information content (AvgIpc) is 3.32. The predicted molar refractivity (Wildman–Crippen MR) is 127 cm³/mol. The van der Waals surface area contributed by atoms with Crippen LogP contribution in [0.25, 0.3) is 22.2 Å². The molecule has 1 N–H and O–H groups in total. The van der Waals surface area contributed by atoms with Gasteiger partial charge in [0.05, 0.1) is 29.4 Å². The number of benzene rings is 3. The standard InChI is InChI=1S/C27H24N2O4/c1-3-31-24-11-7-5-9-20(24)23-15-21(19-8-4-6-10-22(19)29-23)27(30)28-17(2)18-12-13-25-26(14-18)33-16-32-25/h4-15,17H,3,16H2,1-2H3,(H,28,30). The van der Waals surface area contributed by atoms with E-state index in [1.807, 2.05) is 86.6 Å². The molecule has 0 radical (unpaired) electrons. The Morgan fingerprint density at radius 3 is 2.70 bits per heavy atom. The lowest BCUT2D eigenvalue weighted by molar-refractivity contribution is 0.0941. The molecule has 3 aromatic carbocycles. The zero-order chi connectivity index (χ0) is 22.8. The van der Waals surface area contributed by atoms with Crippen molar-refractivity contribution in [3.8, 4) is 28.5 Å². The summed E-state index contributed by atoms with van der Waals surface area (Å²) in [5, 5.41) is 3.92. The second-order valence-electron chi connectivity index (χ2n) is 7.81. The van der Waals surface area contributed by atoms with Gasteiger partial charge in [0, 0.05) is 10.9 Å². The van der Waals surface area contributed by atoms with Gasteiger partial charge in [-0.15, -0.1) is 0 Å². The van der Waals surface area contributed by atoms with Crippen LogP contribution in [0.5, 0.6) is 17.2 Å². The fraction of sp³-hybridized carbons (Fsp3) is 0.185. The normalized spacial score (nSPS) is 13.0. The van der Waals surface area contributed by atoms with Crippen molar-refractivity contribution in [2.24, 2.45) is 0 Å². The first-order valence-corrected chi connectivity index (χ1v) is 11.0. The maximum atomic E-state index is 13.4. The van der Waals surface area contributed by atoms with Crippen molar-refractivity contribution < 1.29 is 19.0 Å². The molecule has 166 valence electrons. The molecule has 2 heterocycles. The summed E-state index contributed by atoms with van der Waals surface area (Å²) in [6.07, 6.45) is 0. The molecular weight excluding hydrogens is 416 g/mol. The van der Waals surface area contributed by atoms with Crippen molar-refractivity contribution in [1.29, 1.82) is 0 Å². The zero-order valence-corrected chi connectivity index (χ0v) is 18.5. The number of nitrogens with one attached hydrogen (secondary N) is 1. The van der Waals surface area contributed by atoms with Gasteiger partial charge >= 0.3 is 0 Å². The summed E-state index contributed by atoms with van der Waals surface area (Å²) in [6.45, 7) is 4.66. The molecule has 5 rings (SSSR count). The first-order valence-electron chi connectivity index (χ1n) is 11.0. The number of carbonyl (C=O) groups is 1. The van der Waals surface area contributed by atoms with Crippen molar-refractivity contribution in [3.05, 3.63) is 83.9 Å². The third-order valence-corrected chi connectivity index (χ3v) is 5.67. The number of hydrogen-bond acceptors (Lipinski definition) is 5. The molecule has 1 unspecified atom stereocenters. The lowest BCUT2D eigenvalue weighted by Crippen LogP contribution is -2.27. The fourth-order valence-electron chi connectivity index (χ4n) is 4.00. The van der Waals surface area contributed by atoms with Gasteiger partial charge in [0.2, 0.25) is 6.79 Å². The first kappa shape index (κ1) is 20.8. The number of fused-ring (bicyclic) bond motifs is 2. The SMILES string of the molecule is CCOc1ccccc1-c1cc(C(=O)NC(C)c2ccc3c(c2)OCO3)c2ccccc2n1. The molecule has 0 fully saturated rings. The van der Waals surface area contributed by atoms with Crippen LogP contribution in [0.1, 0.15) is 35.8 Å². The van der Waals surface area contributed by atoms with Crippen LogP contribution in [-0.2, 0) is 0 Å². The minimum Gasteiger partial charge on any atom is -0.493 e. The van der Waals surface area contributed by atoms with Crippen molar-refractivity contribution in [1.82, 2.24) is 10.3 Å². The Balaban J connectivity index is 1.51. The maximum Gasteiger partial charge on any atom is 0.252 e. The van der Waals surface area contributed by atoms with E-state index in [2.05, 4.69) is 5.32 Å². The molecule has 6 heteroatoms. The topological polar surface area (TPSA) is 69.7 Å². The van der Waals surface area contributed by atoms with E-state index in [-0.39, 0.29) is 18.7 Å². The van der Waals surface area contributed by atoms with Gasteiger partial charge in [-0.3, -0.25) is 4.79 Å². The molecule has 4 aromatic rings. The summed E-state index contributed by atoms with van der Waals surface area (Å²) in [4.78, 5) is 18.3. The largest absolute Gasteiger partial charge is 0.493 e. The lowest BCUT2D eigenvalue weighted by atomic mass is 10.0. The molecule has 0 saturated carbocycles. The van der Waals surface area contributed by atoms with E-state index >= 15 is 0 Å². The Morgan fingerprint density at radius 1 is 1.03 bits per heavy atom. The molecule has 0 aliphatic carbocycles. The van der Waals surface area contributed by atoms with Crippen molar-refractivity contribution in [2.45, 2.75) is 19.9 Å². The number of ether oxygens (including phenoxy) is 3. The second kappa shape index (κ2) is 8.82. The number of nitrogens with zero attached hydrogens (tertiary/aromatic N) is 1. The maximum absolute atomic E-state index is 13.4. The van der Waals surface area contributed by atoms with Crippen LogP contribution in [0, 0.1) is 0 Å². The van der Waals surface area contributed by atoms with Gasteiger partial charge in [-0.2, -0.15) is 0 Å². The molecule has 33 heavy (non-hydrogen) atoms. The van der Waals surface area contributed by atoms with E-state index in [9.17, 15) is 4.79 Å². The number of carbonyl (C=O) groups excluding carboxylic acids is 1. The monoisotopic (exact) mass is 440 g/mol. The summed E-state index contributed by atoms with van der Waals surface area (Å²) in [5.41, 5.74) is 3.80. The third-order valence-electron chi connectivity index (χ3n) is 5.67. The Kier molecular flexibility index (Phi) is 5.57. The molecule has 1 aliphatic heterocycles. The lowest BCUT2D eigenvalue weighted by Gasteiger charge is -2.17.